The highest BCUT2D eigenvalue weighted by Crippen LogP contribution is 1.94. The van der Waals surface area contributed by atoms with Crippen LogP contribution in [0.15, 0.2) is 11.8 Å². The molecular weight excluding hydrogens is 204 g/mol. The molecule has 0 spiro atoms. The summed E-state index contributed by atoms with van der Waals surface area (Å²) in [6.07, 6.45) is 3.77. The zero-order chi connectivity index (χ0) is 12.4. The third-order valence-corrected chi connectivity index (χ3v) is 2.07. The van der Waals surface area contributed by atoms with Gasteiger partial charge in [0.15, 0.2) is 0 Å². The van der Waals surface area contributed by atoms with Crippen LogP contribution in [0.2, 0.25) is 0 Å². The highest BCUT2D eigenvalue weighted by atomic mass is 16.5. The van der Waals surface area contributed by atoms with Gasteiger partial charge in [0.25, 0.3) is 0 Å². The molecule has 4 nitrogen and oxygen atoms in total. The number of rotatable bonds is 7. The molecule has 0 saturated heterocycles. The van der Waals surface area contributed by atoms with Crippen LogP contribution in [0.4, 0.5) is 4.79 Å². The van der Waals surface area contributed by atoms with Crippen molar-refractivity contribution in [1.82, 2.24) is 10.6 Å². The smallest absolute Gasteiger partial charge is 0.318 e. The van der Waals surface area contributed by atoms with Gasteiger partial charge in [0.2, 0.25) is 0 Å². The molecule has 0 fully saturated rings. The van der Waals surface area contributed by atoms with E-state index in [0.29, 0.717) is 13.2 Å². The maximum Gasteiger partial charge on any atom is 0.318 e. The predicted molar refractivity (Wildman–Crippen MR) is 66.3 cm³/mol. The summed E-state index contributed by atoms with van der Waals surface area (Å²) in [5.74, 6) is 0. The van der Waals surface area contributed by atoms with Crippen molar-refractivity contribution in [3.63, 3.8) is 0 Å². The molecule has 0 aromatic carbocycles. The molecule has 0 aliphatic rings. The van der Waals surface area contributed by atoms with Crippen molar-refractivity contribution in [2.45, 2.75) is 46.6 Å². The van der Waals surface area contributed by atoms with Gasteiger partial charge >= 0.3 is 6.03 Å². The standard InChI is InChI=1S/C12H24N2O2/c1-5-11(4)9-14-12(15)13-7-6-8-16-10(2)3/h9-10H,5-8H2,1-4H3,(H2,13,14,15)/b11-9+. The molecule has 0 saturated carbocycles. The number of carbonyl (C=O) groups is 1. The number of nitrogens with one attached hydrogen (secondary N) is 2. The topological polar surface area (TPSA) is 50.4 Å². The van der Waals surface area contributed by atoms with E-state index < -0.39 is 0 Å². The van der Waals surface area contributed by atoms with Gasteiger partial charge in [-0.05, 0) is 33.6 Å². The van der Waals surface area contributed by atoms with Crippen LogP contribution >= 0.6 is 0 Å². The number of ether oxygens (including phenoxy) is 1. The van der Waals surface area contributed by atoms with Crippen molar-refractivity contribution in [3.05, 3.63) is 11.8 Å². The maximum absolute atomic E-state index is 11.3. The van der Waals surface area contributed by atoms with Crippen LogP contribution in [-0.2, 0) is 4.74 Å². The lowest BCUT2D eigenvalue weighted by molar-refractivity contribution is 0.0774. The Morgan fingerprint density at radius 3 is 2.69 bits per heavy atom. The number of urea groups is 1. The van der Waals surface area contributed by atoms with Crippen molar-refractivity contribution in [2.24, 2.45) is 0 Å². The molecule has 0 aromatic heterocycles. The molecule has 0 atom stereocenters. The Kier molecular flexibility index (Phi) is 8.62. The van der Waals surface area contributed by atoms with E-state index >= 15 is 0 Å². The molecule has 16 heavy (non-hydrogen) atoms. The first kappa shape index (κ1) is 15.0. The van der Waals surface area contributed by atoms with Gasteiger partial charge < -0.3 is 15.4 Å². The zero-order valence-electron chi connectivity index (χ0n) is 10.8. The minimum Gasteiger partial charge on any atom is -0.379 e. The first-order chi connectivity index (χ1) is 7.56. The summed E-state index contributed by atoms with van der Waals surface area (Å²) in [5.41, 5.74) is 1.15. The van der Waals surface area contributed by atoms with Gasteiger partial charge in [0.1, 0.15) is 0 Å². The minimum absolute atomic E-state index is 0.155. The zero-order valence-corrected chi connectivity index (χ0v) is 10.8. The van der Waals surface area contributed by atoms with Gasteiger partial charge in [0.05, 0.1) is 6.10 Å². The molecule has 0 aromatic rings. The van der Waals surface area contributed by atoms with E-state index in [1.54, 1.807) is 6.20 Å². The summed E-state index contributed by atoms with van der Waals surface area (Å²) in [7, 11) is 0. The number of hydrogen-bond donors (Lipinski definition) is 2. The van der Waals surface area contributed by atoms with Gasteiger partial charge in [-0.3, -0.25) is 0 Å². The molecule has 2 N–H and O–H groups in total. The lowest BCUT2D eigenvalue weighted by Gasteiger charge is -2.08. The highest BCUT2D eigenvalue weighted by molar-refractivity contribution is 5.74. The highest BCUT2D eigenvalue weighted by Gasteiger charge is 1.97. The number of allylic oxidation sites excluding steroid dienone is 1. The summed E-state index contributed by atoms with van der Waals surface area (Å²) in [5, 5.41) is 5.44. The first-order valence-electron chi connectivity index (χ1n) is 5.87. The Bertz CT molecular complexity index is 225. The molecular formula is C12H24N2O2. The first-order valence-corrected chi connectivity index (χ1v) is 5.87. The lowest BCUT2D eigenvalue weighted by Crippen LogP contribution is -2.33. The second-order valence-corrected chi connectivity index (χ2v) is 4.02. The average molecular weight is 228 g/mol. The van der Waals surface area contributed by atoms with E-state index in [-0.39, 0.29) is 12.1 Å². The van der Waals surface area contributed by atoms with Gasteiger partial charge in [-0.15, -0.1) is 0 Å². The van der Waals surface area contributed by atoms with Gasteiger partial charge in [-0.25, -0.2) is 4.79 Å². The predicted octanol–water partition coefficient (Wildman–Crippen LogP) is 2.41. The van der Waals surface area contributed by atoms with Crippen molar-refractivity contribution < 1.29 is 9.53 Å². The van der Waals surface area contributed by atoms with E-state index in [0.717, 1.165) is 18.4 Å². The second kappa shape index (κ2) is 9.21. The quantitative estimate of drug-likeness (QED) is 0.657. The van der Waals surface area contributed by atoms with Crippen LogP contribution in [0, 0.1) is 0 Å². The van der Waals surface area contributed by atoms with E-state index in [9.17, 15) is 4.79 Å². The van der Waals surface area contributed by atoms with Crippen LogP contribution in [-0.4, -0.2) is 25.3 Å². The molecule has 0 heterocycles. The Morgan fingerprint density at radius 1 is 1.44 bits per heavy atom. The van der Waals surface area contributed by atoms with E-state index in [2.05, 4.69) is 17.6 Å². The summed E-state index contributed by atoms with van der Waals surface area (Å²) in [6, 6.07) is -0.155. The normalized spacial score (nSPS) is 11.7. The fraction of sp³-hybridized carbons (Fsp3) is 0.750. The summed E-state index contributed by atoms with van der Waals surface area (Å²) in [4.78, 5) is 11.3. The molecule has 0 rings (SSSR count). The number of amides is 2. The van der Waals surface area contributed by atoms with E-state index in [1.165, 1.54) is 0 Å². The molecule has 0 aliphatic heterocycles. The molecule has 0 aliphatic carbocycles. The van der Waals surface area contributed by atoms with Crippen molar-refractivity contribution >= 4 is 6.03 Å². The molecule has 0 unspecified atom stereocenters. The molecule has 4 heteroatoms. The summed E-state index contributed by atoms with van der Waals surface area (Å²) >= 11 is 0. The fourth-order valence-corrected chi connectivity index (χ4v) is 0.935. The molecule has 0 radical (unpaired) electrons. The van der Waals surface area contributed by atoms with Crippen molar-refractivity contribution in [1.29, 1.82) is 0 Å². The monoisotopic (exact) mass is 228 g/mol. The van der Waals surface area contributed by atoms with Crippen molar-refractivity contribution in [3.8, 4) is 0 Å². The third-order valence-electron chi connectivity index (χ3n) is 2.07. The van der Waals surface area contributed by atoms with Crippen LogP contribution in [0.1, 0.15) is 40.5 Å². The van der Waals surface area contributed by atoms with Gasteiger partial charge in [-0.1, -0.05) is 12.5 Å². The van der Waals surface area contributed by atoms with E-state index in [1.807, 2.05) is 20.8 Å². The van der Waals surface area contributed by atoms with Crippen LogP contribution < -0.4 is 10.6 Å². The van der Waals surface area contributed by atoms with Gasteiger partial charge in [-0.2, -0.15) is 0 Å². The minimum atomic E-state index is -0.155. The second-order valence-electron chi connectivity index (χ2n) is 4.02. The fourth-order valence-electron chi connectivity index (χ4n) is 0.935. The SMILES string of the molecule is CC/C(C)=C/NC(=O)NCCCOC(C)C. The average Bonchev–Trinajstić information content (AvgIpc) is 2.24. The van der Waals surface area contributed by atoms with Crippen LogP contribution in [0.3, 0.4) is 0 Å². The van der Waals surface area contributed by atoms with Crippen LogP contribution in [0.5, 0.6) is 0 Å². The lowest BCUT2D eigenvalue weighted by atomic mass is 10.3. The Morgan fingerprint density at radius 2 is 2.12 bits per heavy atom. The number of carbonyl (C=O) groups excluding carboxylic acids is 1. The number of hydrogen-bond acceptors (Lipinski definition) is 2. The largest absolute Gasteiger partial charge is 0.379 e. The Hall–Kier alpha value is -1.03. The van der Waals surface area contributed by atoms with Crippen LogP contribution in [0.25, 0.3) is 0 Å². The summed E-state index contributed by atoms with van der Waals surface area (Å²) in [6.45, 7) is 9.35. The van der Waals surface area contributed by atoms with E-state index in [4.69, 9.17) is 4.74 Å². The molecule has 2 amide bonds. The van der Waals surface area contributed by atoms with Crippen molar-refractivity contribution in [2.75, 3.05) is 13.2 Å². The summed E-state index contributed by atoms with van der Waals surface area (Å²) < 4.78 is 5.36. The van der Waals surface area contributed by atoms with Gasteiger partial charge in [0, 0.05) is 19.4 Å². The third kappa shape index (κ3) is 9.52. The Labute approximate surface area is 98.4 Å². The Balaban J connectivity index is 3.44. The maximum atomic E-state index is 11.3. The molecule has 0 bridgehead atoms. The molecule has 94 valence electrons.